The quantitative estimate of drug-likeness (QED) is 0.592. The lowest BCUT2D eigenvalue weighted by Gasteiger charge is -2.09. The highest BCUT2D eigenvalue weighted by Gasteiger charge is 2.14. The summed E-state index contributed by atoms with van der Waals surface area (Å²) in [6.07, 6.45) is 3.20. The van der Waals surface area contributed by atoms with E-state index in [4.69, 9.17) is 11.6 Å². The second kappa shape index (κ2) is 9.29. The van der Waals surface area contributed by atoms with E-state index in [1.54, 1.807) is 54.9 Å². The van der Waals surface area contributed by atoms with Gasteiger partial charge in [-0.15, -0.1) is 0 Å². The summed E-state index contributed by atoms with van der Waals surface area (Å²) in [5, 5.41) is 6.55. The lowest BCUT2D eigenvalue weighted by Crippen LogP contribution is -2.13. The number of carbonyl (C=O) groups excluding carboxylic acids is 2. The molecule has 0 saturated carbocycles. The number of anilines is 2. The first-order valence-electron chi connectivity index (χ1n) is 8.25. The smallest absolute Gasteiger partial charge is 0.258 e. The first kappa shape index (κ1) is 19.8. The Morgan fingerprint density at radius 3 is 2.57 bits per heavy atom. The van der Waals surface area contributed by atoms with Crippen LogP contribution in [0.15, 0.2) is 59.9 Å². The van der Waals surface area contributed by atoms with Gasteiger partial charge in [0.1, 0.15) is 5.03 Å². The molecule has 2 N–H and O–H groups in total. The van der Waals surface area contributed by atoms with E-state index in [1.165, 1.54) is 18.7 Å². The molecule has 0 radical (unpaired) electrons. The van der Waals surface area contributed by atoms with Crippen molar-refractivity contribution in [1.82, 2.24) is 15.0 Å². The summed E-state index contributed by atoms with van der Waals surface area (Å²) in [4.78, 5) is 36.3. The zero-order chi connectivity index (χ0) is 19.9. The zero-order valence-electron chi connectivity index (χ0n) is 14.8. The van der Waals surface area contributed by atoms with E-state index in [0.717, 1.165) is 0 Å². The number of thioether (sulfide) groups is 1. The molecule has 0 aliphatic carbocycles. The molecule has 28 heavy (non-hydrogen) atoms. The normalized spacial score (nSPS) is 10.4. The van der Waals surface area contributed by atoms with Gasteiger partial charge in [-0.05, 0) is 42.5 Å². The summed E-state index contributed by atoms with van der Waals surface area (Å²) in [5.74, 6) is 0.204. The minimum absolute atomic E-state index is 0.240. The van der Waals surface area contributed by atoms with Gasteiger partial charge in [0, 0.05) is 35.8 Å². The molecule has 2 heterocycles. The van der Waals surface area contributed by atoms with Crippen LogP contribution in [0.1, 0.15) is 23.0 Å². The molecule has 2 aromatic heterocycles. The van der Waals surface area contributed by atoms with Gasteiger partial charge in [-0.25, -0.2) is 15.0 Å². The van der Waals surface area contributed by atoms with Gasteiger partial charge in [0.05, 0.1) is 11.3 Å². The molecule has 9 heteroatoms. The average molecular weight is 414 g/mol. The molecule has 0 aliphatic rings. The molecule has 0 fully saturated rings. The van der Waals surface area contributed by atoms with Crippen LogP contribution in [0.25, 0.3) is 0 Å². The number of halogens is 1. The molecule has 0 saturated heterocycles. The van der Waals surface area contributed by atoms with Crippen molar-refractivity contribution in [3.8, 4) is 0 Å². The fourth-order valence-corrected chi connectivity index (χ4v) is 3.27. The van der Waals surface area contributed by atoms with Gasteiger partial charge in [-0.1, -0.05) is 23.4 Å². The standard InChI is InChI=1S/C19H16ClN5O2S/c1-12(26)23-19-22-10-8-15(25-19)11-28-18-16(3-2-9-21-18)17(27)24-14-6-4-13(20)5-7-14/h2-10H,11H2,1H3,(H,24,27)(H,22,23,25,26). The highest BCUT2D eigenvalue weighted by molar-refractivity contribution is 7.98. The molecule has 0 spiro atoms. The van der Waals surface area contributed by atoms with E-state index in [-0.39, 0.29) is 17.8 Å². The van der Waals surface area contributed by atoms with E-state index < -0.39 is 0 Å². The minimum Gasteiger partial charge on any atom is -0.322 e. The van der Waals surface area contributed by atoms with Crippen LogP contribution in [-0.2, 0) is 10.5 Å². The van der Waals surface area contributed by atoms with Crippen molar-refractivity contribution in [2.75, 3.05) is 10.6 Å². The maximum absolute atomic E-state index is 12.6. The number of nitrogens with one attached hydrogen (secondary N) is 2. The van der Waals surface area contributed by atoms with Gasteiger partial charge in [0.2, 0.25) is 11.9 Å². The van der Waals surface area contributed by atoms with Crippen molar-refractivity contribution < 1.29 is 9.59 Å². The highest BCUT2D eigenvalue weighted by atomic mass is 35.5. The minimum atomic E-state index is -0.264. The molecule has 2 amide bonds. The van der Waals surface area contributed by atoms with Gasteiger partial charge in [0.15, 0.2) is 0 Å². The molecule has 3 aromatic rings. The predicted octanol–water partition coefficient (Wildman–Crippen LogP) is 4.03. The van der Waals surface area contributed by atoms with Gasteiger partial charge in [0.25, 0.3) is 5.91 Å². The number of nitrogens with zero attached hydrogens (tertiary/aromatic N) is 3. The number of benzene rings is 1. The van der Waals surface area contributed by atoms with Crippen LogP contribution in [0.5, 0.6) is 0 Å². The third-order valence-electron chi connectivity index (χ3n) is 3.48. The molecule has 1 aromatic carbocycles. The van der Waals surface area contributed by atoms with Crippen molar-refractivity contribution in [3.63, 3.8) is 0 Å². The fourth-order valence-electron chi connectivity index (χ4n) is 2.25. The Labute approximate surface area is 171 Å². The van der Waals surface area contributed by atoms with Crippen molar-refractivity contribution in [3.05, 3.63) is 71.1 Å². The molecule has 142 valence electrons. The number of aromatic nitrogens is 3. The summed E-state index contributed by atoms with van der Waals surface area (Å²) in [6.45, 7) is 1.39. The SMILES string of the molecule is CC(=O)Nc1nccc(CSc2ncccc2C(=O)Nc2ccc(Cl)cc2)n1. The van der Waals surface area contributed by atoms with E-state index in [9.17, 15) is 9.59 Å². The Bertz CT molecular complexity index is 998. The second-order valence-corrected chi connectivity index (χ2v) is 7.06. The first-order chi connectivity index (χ1) is 13.5. The third kappa shape index (κ3) is 5.51. The maximum Gasteiger partial charge on any atom is 0.258 e. The number of hydrogen-bond acceptors (Lipinski definition) is 6. The molecule has 3 rings (SSSR count). The number of amides is 2. The van der Waals surface area contributed by atoms with Crippen molar-refractivity contribution in [2.24, 2.45) is 0 Å². The fraction of sp³-hybridized carbons (Fsp3) is 0.105. The van der Waals surface area contributed by atoms with E-state index in [1.807, 2.05) is 0 Å². The van der Waals surface area contributed by atoms with Crippen LogP contribution in [0.2, 0.25) is 5.02 Å². The number of carbonyl (C=O) groups is 2. The Kier molecular flexibility index (Phi) is 6.57. The lowest BCUT2D eigenvalue weighted by molar-refractivity contribution is -0.114. The maximum atomic E-state index is 12.6. The largest absolute Gasteiger partial charge is 0.322 e. The molecular formula is C19H16ClN5O2S. The number of rotatable bonds is 6. The summed E-state index contributed by atoms with van der Waals surface area (Å²) in [5.41, 5.74) is 1.81. The third-order valence-corrected chi connectivity index (χ3v) is 4.77. The topological polar surface area (TPSA) is 96.9 Å². The van der Waals surface area contributed by atoms with Crippen molar-refractivity contribution in [1.29, 1.82) is 0 Å². The van der Waals surface area contributed by atoms with Gasteiger partial charge >= 0.3 is 0 Å². The molecular weight excluding hydrogens is 398 g/mol. The molecule has 7 nitrogen and oxygen atoms in total. The van der Waals surface area contributed by atoms with E-state index in [0.29, 0.717) is 32.7 Å². The van der Waals surface area contributed by atoms with E-state index >= 15 is 0 Å². The first-order valence-corrected chi connectivity index (χ1v) is 9.62. The summed E-state index contributed by atoms with van der Waals surface area (Å²) < 4.78 is 0. The van der Waals surface area contributed by atoms with Crippen LogP contribution in [0.4, 0.5) is 11.6 Å². The van der Waals surface area contributed by atoms with Gasteiger partial charge in [-0.2, -0.15) is 0 Å². The van der Waals surface area contributed by atoms with Crippen LogP contribution in [0, 0.1) is 0 Å². The van der Waals surface area contributed by atoms with Crippen LogP contribution >= 0.6 is 23.4 Å². The van der Waals surface area contributed by atoms with Gasteiger partial charge in [-0.3, -0.25) is 14.9 Å². The zero-order valence-corrected chi connectivity index (χ0v) is 16.4. The Morgan fingerprint density at radius 2 is 1.82 bits per heavy atom. The Morgan fingerprint density at radius 1 is 1.04 bits per heavy atom. The predicted molar refractivity (Wildman–Crippen MR) is 110 cm³/mol. The summed E-state index contributed by atoms with van der Waals surface area (Å²) in [7, 11) is 0. The number of pyridine rings is 1. The van der Waals surface area contributed by atoms with Crippen molar-refractivity contribution >= 4 is 46.8 Å². The highest BCUT2D eigenvalue weighted by Crippen LogP contribution is 2.25. The summed E-state index contributed by atoms with van der Waals surface area (Å²) in [6, 6.07) is 12.0. The number of hydrogen-bond donors (Lipinski definition) is 2. The monoisotopic (exact) mass is 413 g/mol. The molecule has 0 aliphatic heterocycles. The lowest BCUT2D eigenvalue weighted by atomic mass is 10.2. The second-order valence-electron chi connectivity index (χ2n) is 5.66. The Balaban J connectivity index is 1.71. The Hall–Kier alpha value is -2.97. The molecule has 0 bridgehead atoms. The summed E-state index contributed by atoms with van der Waals surface area (Å²) >= 11 is 7.24. The van der Waals surface area contributed by atoms with Gasteiger partial charge < -0.3 is 5.32 Å². The van der Waals surface area contributed by atoms with Crippen LogP contribution < -0.4 is 10.6 Å². The molecule has 0 unspecified atom stereocenters. The van der Waals surface area contributed by atoms with Crippen LogP contribution in [0.3, 0.4) is 0 Å². The molecule has 0 atom stereocenters. The van der Waals surface area contributed by atoms with E-state index in [2.05, 4.69) is 25.6 Å². The average Bonchev–Trinajstić information content (AvgIpc) is 2.68. The van der Waals surface area contributed by atoms with Crippen molar-refractivity contribution in [2.45, 2.75) is 17.7 Å². The van der Waals surface area contributed by atoms with Crippen LogP contribution in [-0.4, -0.2) is 26.8 Å².